The standard InChI is InChI=1S/C22H25N3O4/c1-14-8-15(2)10-17(9-14)24-20(26)13-29-19-6-4-18(5-7-19)25-12-16(11-21(25)27)22(28)23-3/h4-10,16H,11-13H2,1-3H3,(H,23,28)(H,24,26). The molecule has 2 N–H and O–H groups in total. The second-order valence-electron chi connectivity index (χ2n) is 7.23. The topological polar surface area (TPSA) is 87.7 Å². The zero-order valence-electron chi connectivity index (χ0n) is 16.8. The van der Waals surface area contributed by atoms with E-state index in [-0.39, 0.29) is 36.7 Å². The SMILES string of the molecule is CNC(=O)C1CC(=O)N(c2ccc(OCC(=O)Nc3cc(C)cc(C)c3)cc2)C1. The van der Waals surface area contributed by atoms with Gasteiger partial charge in [0.15, 0.2) is 6.61 Å². The summed E-state index contributed by atoms with van der Waals surface area (Å²) in [4.78, 5) is 37.7. The third-order valence-electron chi connectivity index (χ3n) is 4.77. The van der Waals surface area contributed by atoms with Crippen molar-refractivity contribution in [2.24, 2.45) is 5.92 Å². The van der Waals surface area contributed by atoms with Gasteiger partial charge in [0.25, 0.3) is 5.91 Å². The number of aryl methyl sites for hydroxylation is 2. The van der Waals surface area contributed by atoms with Gasteiger partial charge in [-0.15, -0.1) is 0 Å². The van der Waals surface area contributed by atoms with Crippen molar-refractivity contribution in [1.29, 1.82) is 0 Å². The number of hydrogen-bond donors (Lipinski definition) is 2. The number of nitrogens with zero attached hydrogens (tertiary/aromatic N) is 1. The van der Waals surface area contributed by atoms with Gasteiger partial charge in [-0.3, -0.25) is 14.4 Å². The van der Waals surface area contributed by atoms with Gasteiger partial charge in [0.2, 0.25) is 11.8 Å². The molecular weight excluding hydrogens is 370 g/mol. The monoisotopic (exact) mass is 395 g/mol. The molecule has 7 nitrogen and oxygen atoms in total. The molecule has 1 heterocycles. The number of rotatable bonds is 6. The van der Waals surface area contributed by atoms with Gasteiger partial charge in [0, 0.05) is 31.4 Å². The molecule has 3 amide bonds. The number of benzene rings is 2. The Balaban J connectivity index is 1.55. The summed E-state index contributed by atoms with van der Waals surface area (Å²) in [7, 11) is 1.57. The minimum absolute atomic E-state index is 0.0832. The quantitative estimate of drug-likeness (QED) is 0.786. The minimum atomic E-state index is -0.336. The van der Waals surface area contributed by atoms with Gasteiger partial charge in [-0.05, 0) is 61.4 Å². The number of hydrogen-bond acceptors (Lipinski definition) is 4. The zero-order valence-corrected chi connectivity index (χ0v) is 16.8. The van der Waals surface area contributed by atoms with Crippen molar-refractivity contribution < 1.29 is 19.1 Å². The smallest absolute Gasteiger partial charge is 0.262 e. The average molecular weight is 395 g/mol. The highest BCUT2D eigenvalue weighted by Crippen LogP contribution is 2.27. The van der Waals surface area contributed by atoms with E-state index in [9.17, 15) is 14.4 Å². The molecule has 152 valence electrons. The molecule has 0 bridgehead atoms. The summed E-state index contributed by atoms with van der Waals surface area (Å²) in [6, 6.07) is 12.8. The lowest BCUT2D eigenvalue weighted by Crippen LogP contribution is -2.30. The molecule has 0 aromatic heterocycles. The van der Waals surface area contributed by atoms with Crippen molar-refractivity contribution in [2.45, 2.75) is 20.3 Å². The average Bonchev–Trinajstić information content (AvgIpc) is 3.07. The summed E-state index contributed by atoms with van der Waals surface area (Å²) in [5, 5.41) is 5.41. The molecule has 0 saturated carbocycles. The van der Waals surface area contributed by atoms with Gasteiger partial charge >= 0.3 is 0 Å². The van der Waals surface area contributed by atoms with Crippen LogP contribution in [0.1, 0.15) is 17.5 Å². The van der Waals surface area contributed by atoms with E-state index in [1.54, 1.807) is 36.2 Å². The van der Waals surface area contributed by atoms with Crippen LogP contribution < -0.4 is 20.3 Å². The lowest BCUT2D eigenvalue weighted by Gasteiger charge is -2.17. The molecule has 1 aliphatic rings. The zero-order chi connectivity index (χ0) is 21.0. The highest BCUT2D eigenvalue weighted by atomic mass is 16.5. The van der Waals surface area contributed by atoms with Crippen LogP contribution in [0.2, 0.25) is 0 Å². The Kier molecular flexibility index (Phi) is 6.16. The molecule has 1 unspecified atom stereocenters. The number of carbonyl (C=O) groups excluding carboxylic acids is 3. The summed E-state index contributed by atoms with van der Waals surface area (Å²) >= 11 is 0. The number of ether oxygens (including phenoxy) is 1. The Hall–Kier alpha value is -3.35. The first-order valence-electron chi connectivity index (χ1n) is 9.48. The molecule has 1 aliphatic heterocycles. The van der Waals surface area contributed by atoms with Gasteiger partial charge in [0.05, 0.1) is 5.92 Å². The van der Waals surface area contributed by atoms with Crippen LogP contribution in [0.15, 0.2) is 42.5 Å². The molecule has 2 aromatic carbocycles. The van der Waals surface area contributed by atoms with Crippen molar-refractivity contribution in [2.75, 3.05) is 30.4 Å². The first kappa shape index (κ1) is 20.4. The molecule has 1 saturated heterocycles. The van der Waals surface area contributed by atoms with Crippen LogP contribution in [0.5, 0.6) is 5.75 Å². The fraction of sp³-hybridized carbons (Fsp3) is 0.318. The highest BCUT2D eigenvalue weighted by molar-refractivity contribution is 6.00. The van der Waals surface area contributed by atoms with E-state index >= 15 is 0 Å². The minimum Gasteiger partial charge on any atom is -0.484 e. The predicted molar refractivity (Wildman–Crippen MR) is 111 cm³/mol. The summed E-state index contributed by atoms with van der Waals surface area (Å²) in [5.41, 5.74) is 3.59. The fourth-order valence-electron chi connectivity index (χ4n) is 3.45. The Morgan fingerprint density at radius 3 is 2.38 bits per heavy atom. The van der Waals surface area contributed by atoms with E-state index < -0.39 is 0 Å². The van der Waals surface area contributed by atoms with Crippen molar-refractivity contribution in [3.05, 3.63) is 53.6 Å². The van der Waals surface area contributed by atoms with Crippen molar-refractivity contribution >= 4 is 29.1 Å². The maximum Gasteiger partial charge on any atom is 0.262 e. The highest BCUT2D eigenvalue weighted by Gasteiger charge is 2.34. The molecule has 29 heavy (non-hydrogen) atoms. The Morgan fingerprint density at radius 1 is 1.10 bits per heavy atom. The first-order valence-corrected chi connectivity index (χ1v) is 9.48. The largest absolute Gasteiger partial charge is 0.484 e. The maximum absolute atomic E-state index is 12.2. The van der Waals surface area contributed by atoms with E-state index in [4.69, 9.17) is 4.74 Å². The van der Waals surface area contributed by atoms with Gasteiger partial charge in [-0.25, -0.2) is 0 Å². The fourth-order valence-corrected chi connectivity index (χ4v) is 3.45. The van der Waals surface area contributed by atoms with Crippen molar-refractivity contribution in [3.8, 4) is 5.75 Å². The van der Waals surface area contributed by atoms with Gasteiger partial charge in [-0.1, -0.05) is 6.07 Å². The summed E-state index contributed by atoms with van der Waals surface area (Å²) < 4.78 is 5.54. The lowest BCUT2D eigenvalue weighted by atomic mass is 10.1. The van der Waals surface area contributed by atoms with E-state index in [0.29, 0.717) is 18.0 Å². The number of carbonyl (C=O) groups is 3. The van der Waals surface area contributed by atoms with Crippen LogP contribution in [-0.4, -0.2) is 37.9 Å². The molecular formula is C22H25N3O4. The van der Waals surface area contributed by atoms with Crippen molar-refractivity contribution in [3.63, 3.8) is 0 Å². The van der Waals surface area contributed by atoms with Gasteiger partial charge < -0.3 is 20.3 Å². The summed E-state index contributed by atoms with van der Waals surface area (Å²) in [5.74, 6) is -0.269. The molecule has 1 atom stereocenters. The van der Waals surface area contributed by atoms with E-state index in [1.807, 2.05) is 32.0 Å². The van der Waals surface area contributed by atoms with Gasteiger partial charge in [-0.2, -0.15) is 0 Å². The molecule has 0 aliphatic carbocycles. The summed E-state index contributed by atoms with van der Waals surface area (Å²) in [6.45, 7) is 4.19. The Labute approximate surface area is 170 Å². The molecule has 7 heteroatoms. The van der Waals surface area contributed by atoms with E-state index in [0.717, 1.165) is 16.8 Å². The van der Waals surface area contributed by atoms with Crippen LogP contribution >= 0.6 is 0 Å². The summed E-state index contributed by atoms with van der Waals surface area (Å²) in [6.07, 6.45) is 0.205. The van der Waals surface area contributed by atoms with Crippen LogP contribution in [0.4, 0.5) is 11.4 Å². The molecule has 0 spiro atoms. The first-order chi connectivity index (χ1) is 13.9. The van der Waals surface area contributed by atoms with Crippen LogP contribution in [-0.2, 0) is 14.4 Å². The maximum atomic E-state index is 12.2. The van der Waals surface area contributed by atoms with Crippen LogP contribution in [0, 0.1) is 19.8 Å². The Morgan fingerprint density at radius 2 is 1.76 bits per heavy atom. The van der Waals surface area contributed by atoms with Gasteiger partial charge in [0.1, 0.15) is 5.75 Å². The predicted octanol–water partition coefficient (Wildman–Crippen LogP) is 2.42. The second-order valence-corrected chi connectivity index (χ2v) is 7.23. The van der Waals surface area contributed by atoms with Crippen LogP contribution in [0.25, 0.3) is 0 Å². The lowest BCUT2D eigenvalue weighted by molar-refractivity contribution is -0.125. The number of amides is 3. The van der Waals surface area contributed by atoms with Crippen LogP contribution in [0.3, 0.4) is 0 Å². The molecule has 0 radical (unpaired) electrons. The second kappa shape index (κ2) is 8.77. The third-order valence-corrected chi connectivity index (χ3v) is 4.77. The Bertz CT molecular complexity index is 904. The van der Waals surface area contributed by atoms with Crippen molar-refractivity contribution in [1.82, 2.24) is 5.32 Å². The molecule has 1 fully saturated rings. The van der Waals surface area contributed by atoms with E-state index in [2.05, 4.69) is 10.6 Å². The third kappa shape index (κ3) is 5.13. The normalized spacial score (nSPS) is 15.9. The number of nitrogens with one attached hydrogen (secondary N) is 2. The molecule has 3 rings (SSSR count). The van der Waals surface area contributed by atoms with E-state index in [1.165, 1.54) is 0 Å². The number of anilines is 2. The molecule has 2 aromatic rings.